The molecule has 0 aromatic carbocycles. The third-order valence-electron chi connectivity index (χ3n) is 1.66. The Morgan fingerprint density at radius 3 is 2.75 bits per heavy atom. The van der Waals surface area contributed by atoms with Gasteiger partial charge in [-0.1, -0.05) is 29.5 Å². The molecule has 1 rings (SSSR count). The van der Waals surface area contributed by atoms with Crippen molar-refractivity contribution in [3.8, 4) is 0 Å². The molecule has 0 bridgehead atoms. The Hall–Kier alpha value is 0.690. The minimum absolute atomic E-state index is 0.924. The predicted molar refractivity (Wildman–Crippen MR) is 44.5 cm³/mol. The van der Waals surface area contributed by atoms with Crippen LogP contribution in [-0.4, -0.2) is 28.5 Å². The first kappa shape index (κ1) is 6.81. The van der Waals surface area contributed by atoms with Crippen LogP contribution >= 0.6 is 22.6 Å². The van der Waals surface area contributed by atoms with E-state index in [1.165, 1.54) is 26.1 Å². The fraction of sp³-hybridized carbons (Fsp3) is 1.00. The van der Waals surface area contributed by atoms with E-state index in [2.05, 4.69) is 34.4 Å². The van der Waals surface area contributed by atoms with Gasteiger partial charge in [0.15, 0.2) is 0 Å². The molecule has 0 aliphatic carbocycles. The summed E-state index contributed by atoms with van der Waals surface area (Å²) >= 11 is 2.53. The summed E-state index contributed by atoms with van der Waals surface area (Å²) in [6, 6.07) is 0. The quantitative estimate of drug-likeness (QED) is 0.483. The van der Waals surface area contributed by atoms with Gasteiger partial charge in [0.25, 0.3) is 0 Å². The molecular weight excluding hydrogens is 213 g/mol. The Kier molecular flexibility index (Phi) is 2.56. The van der Waals surface area contributed by atoms with Crippen LogP contribution in [-0.2, 0) is 0 Å². The molecule has 0 spiro atoms. The number of nitrogens with zero attached hydrogens (tertiary/aromatic N) is 1. The van der Waals surface area contributed by atoms with E-state index in [1.54, 1.807) is 0 Å². The molecule has 1 fully saturated rings. The van der Waals surface area contributed by atoms with E-state index >= 15 is 0 Å². The van der Waals surface area contributed by atoms with Gasteiger partial charge in [-0.05, 0) is 19.5 Å². The van der Waals surface area contributed by atoms with Crippen LogP contribution in [0.2, 0.25) is 0 Å². The Morgan fingerprint density at radius 2 is 2.50 bits per heavy atom. The van der Waals surface area contributed by atoms with Crippen molar-refractivity contribution in [3.63, 3.8) is 0 Å². The SMILES string of the molecule is CCN1CC[C@H](I)C1. The van der Waals surface area contributed by atoms with E-state index in [4.69, 9.17) is 0 Å². The molecule has 1 aliphatic heterocycles. The third kappa shape index (κ3) is 1.58. The largest absolute Gasteiger partial charge is 0.303 e. The minimum atomic E-state index is 0.924. The van der Waals surface area contributed by atoms with Gasteiger partial charge in [0.2, 0.25) is 0 Å². The molecule has 8 heavy (non-hydrogen) atoms. The predicted octanol–water partition coefficient (Wildman–Crippen LogP) is 1.52. The molecule has 0 amide bonds. The fourth-order valence-corrected chi connectivity index (χ4v) is 1.91. The van der Waals surface area contributed by atoms with Gasteiger partial charge in [-0.15, -0.1) is 0 Å². The summed E-state index contributed by atoms with van der Waals surface area (Å²) in [6.07, 6.45) is 1.40. The average Bonchev–Trinajstić information content (AvgIpc) is 2.14. The van der Waals surface area contributed by atoms with Crippen LogP contribution in [0.3, 0.4) is 0 Å². The zero-order valence-electron chi connectivity index (χ0n) is 5.23. The summed E-state index contributed by atoms with van der Waals surface area (Å²) in [5.41, 5.74) is 0. The molecule has 0 saturated carbocycles. The van der Waals surface area contributed by atoms with Crippen LogP contribution in [0.15, 0.2) is 0 Å². The van der Waals surface area contributed by atoms with Gasteiger partial charge in [0, 0.05) is 10.5 Å². The number of likely N-dealkylation sites (tertiary alicyclic amines) is 1. The van der Waals surface area contributed by atoms with Gasteiger partial charge < -0.3 is 4.90 Å². The summed E-state index contributed by atoms with van der Waals surface area (Å²) in [7, 11) is 0. The second kappa shape index (κ2) is 3.01. The summed E-state index contributed by atoms with van der Waals surface area (Å²) in [4.78, 5) is 2.50. The van der Waals surface area contributed by atoms with Crippen LogP contribution in [0.4, 0.5) is 0 Å². The van der Waals surface area contributed by atoms with Gasteiger partial charge in [-0.25, -0.2) is 0 Å². The molecule has 1 aliphatic rings. The molecule has 1 nitrogen and oxygen atoms in total. The fourth-order valence-electron chi connectivity index (χ4n) is 1.07. The second-order valence-corrected chi connectivity index (χ2v) is 4.04. The van der Waals surface area contributed by atoms with Crippen molar-refractivity contribution in [2.75, 3.05) is 19.6 Å². The Morgan fingerprint density at radius 1 is 1.75 bits per heavy atom. The smallest absolute Gasteiger partial charge is 0.0249 e. The highest BCUT2D eigenvalue weighted by Gasteiger charge is 2.17. The molecule has 48 valence electrons. The lowest BCUT2D eigenvalue weighted by Gasteiger charge is -2.09. The number of alkyl halides is 1. The first-order valence-electron chi connectivity index (χ1n) is 3.19. The maximum atomic E-state index is 2.53. The average molecular weight is 225 g/mol. The van der Waals surface area contributed by atoms with Crippen LogP contribution in [0.25, 0.3) is 0 Å². The van der Waals surface area contributed by atoms with Crippen molar-refractivity contribution >= 4 is 22.6 Å². The van der Waals surface area contributed by atoms with Crippen molar-refractivity contribution in [2.24, 2.45) is 0 Å². The first-order valence-corrected chi connectivity index (χ1v) is 4.44. The van der Waals surface area contributed by atoms with Crippen molar-refractivity contribution in [1.29, 1.82) is 0 Å². The van der Waals surface area contributed by atoms with Gasteiger partial charge in [-0.3, -0.25) is 0 Å². The summed E-state index contributed by atoms with van der Waals surface area (Å²) < 4.78 is 0.924. The van der Waals surface area contributed by atoms with Gasteiger partial charge in [-0.2, -0.15) is 0 Å². The maximum absolute atomic E-state index is 2.53. The van der Waals surface area contributed by atoms with E-state index in [1.807, 2.05) is 0 Å². The molecule has 0 N–H and O–H groups in total. The third-order valence-corrected chi connectivity index (χ3v) is 2.68. The summed E-state index contributed by atoms with van der Waals surface area (Å²) in [6.45, 7) is 6.11. The van der Waals surface area contributed by atoms with E-state index in [9.17, 15) is 0 Å². The second-order valence-electron chi connectivity index (χ2n) is 2.28. The number of rotatable bonds is 1. The Bertz CT molecular complexity index is 74.9. The number of hydrogen-bond donors (Lipinski definition) is 0. The van der Waals surface area contributed by atoms with Crippen molar-refractivity contribution in [3.05, 3.63) is 0 Å². The number of halogens is 1. The highest BCUT2D eigenvalue weighted by molar-refractivity contribution is 14.1. The Balaban J connectivity index is 2.22. The van der Waals surface area contributed by atoms with Crippen LogP contribution in [0.5, 0.6) is 0 Å². The van der Waals surface area contributed by atoms with Crippen molar-refractivity contribution in [2.45, 2.75) is 17.3 Å². The van der Waals surface area contributed by atoms with Gasteiger partial charge >= 0.3 is 0 Å². The molecule has 0 aromatic heterocycles. The topological polar surface area (TPSA) is 3.24 Å². The van der Waals surface area contributed by atoms with E-state index in [0.29, 0.717) is 0 Å². The Labute approximate surface area is 64.6 Å². The van der Waals surface area contributed by atoms with E-state index in [0.717, 1.165) is 3.92 Å². The van der Waals surface area contributed by atoms with Crippen LogP contribution < -0.4 is 0 Å². The molecule has 1 atom stereocenters. The highest BCUT2D eigenvalue weighted by atomic mass is 127. The van der Waals surface area contributed by atoms with Crippen LogP contribution in [0.1, 0.15) is 13.3 Å². The zero-order valence-corrected chi connectivity index (χ0v) is 7.39. The molecule has 1 saturated heterocycles. The molecular formula is C6H12IN. The number of hydrogen-bond acceptors (Lipinski definition) is 1. The van der Waals surface area contributed by atoms with Crippen molar-refractivity contribution in [1.82, 2.24) is 4.90 Å². The van der Waals surface area contributed by atoms with Crippen molar-refractivity contribution < 1.29 is 0 Å². The minimum Gasteiger partial charge on any atom is -0.303 e. The van der Waals surface area contributed by atoms with Crippen LogP contribution in [0, 0.1) is 0 Å². The van der Waals surface area contributed by atoms with Gasteiger partial charge in [0.05, 0.1) is 0 Å². The highest BCUT2D eigenvalue weighted by Crippen LogP contribution is 2.15. The lowest BCUT2D eigenvalue weighted by atomic mass is 10.4. The standard InChI is InChI=1S/C6H12IN/c1-2-8-4-3-6(7)5-8/h6H,2-5H2,1H3/t6-/m0/s1. The summed E-state index contributed by atoms with van der Waals surface area (Å²) in [5, 5.41) is 0. The zero-order chi connectivity index (χ0) is 5.98. The molecule has 1 heterocycles. The normalized spacial score (nSPS) is 31.5. The summed E-state index contributed by atoms with van der Waals surface area (Å²) in [5.74, 6) is 0. The molecule has 2 heteroatoms. The monoisotopic (exact) mass is 225 g/mol. The first-order chi connectivity index (χ1) is 3.83. The van der Waals surface area contributed by atoms with E-state index < -0.39 is 0 Å². The molecule has 0 radical (unpaired) electrons. The molecule has 0 unspecified atom stereocenters. The van der Waals surface area contributed by atoms with Gasteiger partial charge in [0.1, 0.15) is 0 Å². The maximum Gasteiger partial charge on any atom is 0.0249 e. The lowest BCUT2D eigenvalue weighted by Crippen LogP contribution is -2.19. The lowest BCUT2D eigenvalue weighted by molar-refractivity contribution is 0.360. The molecule has 0 aromatic rings. The van der Waals surface area contributed by atoms with E-state index in [-0.39, 0.29) is 0 Å².